The van der Waals surface area contributed by atoms with E-state index >= 15 is 0 Å². The first-order valence-electron chi connectivity index (χ1n) is 7.31. The van der Waals surface area contributed by atoms with E-state index in [0.29, 0.717) is 17.2 Å². The summed E-state index contributed by atoms with van der Waals surface area (Å²) in [7, 11) is 0. The van der Waals surface area contributed by atoms with Gasteiger partial charge in [0.2, 0.25) is 0 Å². The summed E-state index contributed by atoms with van der Waals surface area (Å²) in [5.41, 5.74) is 0. The van der Waals surface area contributed by atoms with Gasteiger partial charge in [0.05, 0.1) is 0 Å². The van der Waals surface area contributed by atoms with Crippen LogP contribution >= 0.6 is 11.6 Å². The molecule has 0 saturated carbocycles. The third kappa shape index (κ3) is 3.89. The number of rotatable bonds is 4. The molecule has 3 nitrogen and oxygen atoms in total. The predicted molar refractivity (Wildman–Crippen MR) is 81.1 cm³/mol. The summed E-state index contributed by atoms with van der Waals surface area (Å²) in [6, 6.07) is 7.15. The maximum absolute atomic E-state index is 12.5. The van der Waals surface area contributed by atoms with Gasteiger partial charge in [-0.1, -0.05) is 25.4 Å². The van der Waals surface area contributed by atoms with E-state index in [1.807, 2.05) is 11.8 Å². The molecule has 0 bridgehead atoms. The van der Waals surface area contributed by atoms with E-state index in [9.17, 15) is 4.79 Å². The number of hydrogen-bond donors (Lipinski definition) is 0. The molecule has 1 amide bonds. The van der Waals surface area contributed by atoms with Gasteiger partial charge in [0, 0.05) is 18.1 Å². The number of ether oxygens (including phenoxy) is 1. The van der Waals surface area contributed by atoms with Crippen molar-refractivity contribution in [2.45, 2.75) is 39.2 Å². The van der Waals surface area contributed by atoms with Crippen LogP contribution in [0.25, 0.3) is 0 Å². The molecular formula is C16H22ClNO2. The van der Waals surface area contributed by atoms with Gasteiger partial charge in [-0.3, -0.25) is 4.79 Å². The largest absolute Gasteiger partial charge is 0.481 e. The molecule has 2 rings (SSSR count). The van der Waals surface area contributed by atoms with E-state index in [2.05, 4.69) is 6.92 Å². The average Bonchev–Trinajstić information content (AvgIpc) is 2.47. The molecule has 110 valence electrons. The number of piperidine rings is 1. The fourth-order valence-electron chi connectivity index (χ4n) is 2.42. The number of nitrogens with zero attached hydrogens (tertiary/aromatic N) is 1. The minimum Gasteiger partial charge on any atom is -0.481 e. The fourth-order valence-corrected chi connectivity index (χ4v) is 2.54. The van der Waals surface area contributed by atoms with Gasteiger partial charge in [-0.15, -0.1) is 0 Å². The lowest BCUT2D eigenvalue weighted by molar-refractivity contribution is -0.140. The highest BCUT2D eigenvalue weighted by Crippen LogP contribution is 2.21. The fraction of sp³-hybridized carbons (Fsp3) is 0.562. The van der Waals surface area contributed by atoms with Crippen molar-refractivity contribution in [1.29, 1.82) is 0 Å². The molecule has 1 heterocycles. The molecule has 20 heavy (non-hydrogen) atoms. The van der Waals surface area contributed by atoms with Crippen LogP contribution in [0.3, 0.4) is 0 Å². The zero-order chi connectivity index (χ0) is 14.5. The van der Waals surface area contributed by atoms with E-state index in [4.69, 9.17) is 16.3 Å². The third-order valence-corrected chi connectivity index (χ3v) is 4.09. The summed E-state index contributed by atoms with van der Waals surface area (Å²) in [6.45, 7) is 5.91. The van der Waals surface area contributed by atoms with Crippen LogP contribution in [0.5, 0.6) is 5.75 Å². The van der Waals surface area contributed by atoms with E-state index in [0.717, 1.165) is 31.8 Å². The highest BCUT2D eigenvalue weighted by molar-refractivity contribution is 6.30. The normalized spacial score (nSPS) is 17.9. The minimum absolute atomic E-state index is 0.106. The topological polar surface area (TPSA) is 29.5 Å². The molecule has 0 unspecified atom stereocenters. The zero-order valence-electron chi connectivity index (χ0n) is 12.1. The number of likely N-dealkylation sites (tertiary alicyclic amines) is 1. The molecule has 1 aliphatic heterocycles. The Balaban J connectivity index is 1.97. The van der Waals surface area contributed by atoms with E-state index < -0.39 is 6.10 Å². The Morgan fingerprint density at radius 2 is 1.95 bits per heavy atom. The molecule has 1 saturated heterocycles. The second kappa shape index (κ2) is 6.98. The van der Waals surface area contributed by atoms with Crippen LogP contribution in [0.4, 0.5) is 0 Å². The standard InChI is InChI=1S/C16H22ClNO2/c1-3-15(20-14-6-4-13(17)5-7-14)16(19)18-10-8-12(2)9-11-18/h4-7,12,15H,3,8-11H2,1-2H3/t15-/m1/s1. The molecule has 0 aromatic heterocycles. The van der Waals surface area contributed by atoms with Crippen molar-refractivity contribution in [2.24, 2.45) is 5.92 Å². The Morgan fingerprint density at radius 3 is 2.50 bits per heavy atom. The molecule has 1 fully saturated rings. The van der Waals surface area contributed by atoms with Crippen LogP contribution in [0, 0.1) is 5.92 Å². The van der Waals surface area contributed by atoms with E-state index in [1.165, 1.54) is 0 Å². The summed E-state index contributed by atoms with van der Waals surface area (Å²) in [4.78, 5) is 14.4. The quantitative estimate of drug-likeness (QED) is 0.846. The Hall–Kier alpha value is -1.22. The Labute approximate surface area is 125 Å². The molecule has 0 aliphatic carbocycles. The molecule has 1 atom stereocenters. The highest BCUT2D eigenvalue weighted by atomic mass is 35.5. The minimum atomic E-state index is -0.399. The van der Waals surface area contributed by atoms with Crippen LogP contribution in [-0.4, -0.2) is 30.0 Å². The van der Waals surface area contributed by atoms with Crippen LogP contribution < -0.4 is 4.74 Å². The SMILES string of the molecule is CC[C@@H](Oc1ccc(Cl)cc1)C(=O)N1CCC(C)CC1. The first-order chi connectivity index (χ1) is 9.60. The summed E-state index contributed by atoms with van der Waals surface area (Å²) >= 11 is 5.85. The lowest BCUT2D eigenvalue weighted by atomic mass is 9.99. The lowest BCUT2D eigenvalue weighted by Crippen LogP contribution is -2.45. The van der Waals surface area contributed by atoms with Crippen molar-refractivity contribution in [3.8, 4) is 5.75 Å². The maximum Gasteiger partial charge on any atom is 0.263 e. The van der Waals surface area contributed by atoms with Gasteiger partial charge in [0.1, 0.15) is 5.75 Å². The third-order valence-electron chi connectivity index (χ3n) is 3.83. The molecule has 4 heteroatoms. The first-order valence-corrected chi connectivity index (χ1v) is 7.69. The number of hydrogen-bond acceptors (Lipinski definition) is 2. The van der Waals surface area contributed by atoms with Crippen LogP contribution in [0.1, 0.15) is 33.1 Å². The summed E-state index contributed by atoms with van der Waals surface area (Å²) in [5, 5.41) is 0.668. The van der Waals surface area contributed by atoms with Crippen molar-refractivity contribution < 1.29 is 9.53 Å². The van der Waals surface area contributed by atoms with Gasteiger partial charge < -0.3 is 9.64 Å². The average molecular weight is 296 g/mol. The zero-order valence-corrected chi connectivity index (χ0v) is 12.9. The Morgan fingerprint density at radius 1 is 1.35 bits per heavy atom. The van der Waals surface area contributed by atoms with Gasteiger partial charge in [0.25, 0.3) is 5.91 Å². The van der Waals surface area contributed by atoms with Crippen molar-refractivity contribution >= 4 is 17.5 Å². The summed E-state index contributed by atoms with van der Waals surface area (Å²) in [5.74, 6) is 1.52. The lowest BCUT2D eigenvalue weighted by Gasteiger charge is -2.32. The first kappa shape index (κ1) is 15.2. The van der Waals surface area contributed by atoms with Crippen molar-refractivity contribution in [2.75, 3.05) is 13.1 Å². The molecule has 1 aliphatic rings. The highest BCUT2D eigenvalue weighted by Gasteiger charge is 2.27. The van der Waals surface area contributed by atoms with Crippen LogP contribution in [-0.2, 0) is 4.79 Å². The molecule has 0 radical (unpaired) electrons. The Kier molecular flexibility index (Phi) is 5.30. The van der Waals surface area contributed by atoms with Crippen molar-refractivity contribution in [3.63, 3.8) is 0 Å². The second-order valence-electron chi connectivity index (χ2n) is 5.48. The molecular weight excluding hydrogens is 274 g/mol. The number of carbonyl (C=O) groups excluding carboxylic acids is 1. The van der Waals surface area contributed by atoms with Crippen molar-refractivity contribution in [3.05, 3.63) is 29.3 Å². The van der Waals surface area contributed by atoms with Crippen LogP contribution in [0.2, 0.25) is 5.02 Å². The molecule has 1 aromatic carbocycles. The van der Waals surface area contributed by atoms with E-state index in [-0.39, 0.29) is 5.91 Å². The summed E-state index contributed by atoms with van der Waals surface area (Å²) in [6.07, 6.45) is 2.45. The molecule has 0 spiro atoms. The number of carbonyl (C=O) groups is 1. The number of benzene rings is 1. The van der Waals surface area contributed by atoms with E-state index in [1.54, 1.807) is 24.3 Å². The molecule has 1 aromatic rings. The van der Waals surface area contributed by atoms with Gasteiger partial charge in [-0.2, -0.15) is 0 Å². The monoisotopic (exact) mass is 295 g/mol. The maximum atomic E-state index is 12.5. The molecule has 0 N–H and O–H groups in total. The van der Waals surface area contributed by atoms with Gasteiger partial charge in [0.15, 0.2) is 6.10 Å². The van der Waals surface area contributed by atoms with Gasteiger partial charge >= 0.3 is 0 Å². The second-order valence-corrected chi connectivity index (χ2v) is 5.91. The number of halogens is 1. The van der Waals surface area contributed by atoms with Crippen molar-refractivity contribution in [1.82, 2.24) is 4.90 Å². The van der Waals surface area contributed by atoms with Crippen LogP contribution in [0.15, 0.2) is 24.3 Å². The van der Waals surface area contributed by atoms with Gasteiger partial charge in [-0.05, 0) is 49.4 Å². The summed E-state index contributed by atoms with van der Waals surface area (Å²) < 4.78 is 5.81. The van der Waals surface area contributed by atoms with Gasteiger partial charge in [-0.25, -0.2) is 0 Å². The Bertz CT molecular complexity index is 438. The number of amides is 1. The predicted octanol–water partition coefficient (Wildman–Crippen LogP) is 3.76. The smallest absolute Gasteiger partial charge is 0.263 e.